The molecule has 0 bridgehead atoms. The summed E-state index contributed by atoms with van der Waals surface area (Å²) in [6.07, 6.45) is -15.2. The zero-order chi connectivity index (χ0) is 28.1. The maximum atomic E-state index is 13.4. The number of carboxylic acids is 1. The summed E-state index contributed by atoms with van der Waals surface area (Å²) in [5.41, 5.74) is -6.81. The first-order valence-electron chi connectivity index (χ1n) is 9.87. The van der Waals surface area contributed by atoms with E-state index in [1.54, 1.807) is 0 Å². The number of alkyl carbamates (subject to hydrolysis) is 1. The van der Waals surface area contributed by atoms with Crippen LogP contribution in [0, 0.1) is 0 Å². The van der Waals surface area contributed by atoms with Crippen LogP contribution in [0.3, 0.4) is 0 Å². The third kappa shape index (κ3) is 8.25. The Labute approximate surface area is 200 Å². The van der Waals surface area contributed by atoms with E-state index >= 15 is 0 Å². The lowest BCUT2D eigenvalue weighted by Crippen LogP contribution is -2.66. The molecule has 15 heteroatoms. The molecule has 200 valence electrons. The smallest absolute Gasteiger partial charge is 0.471 e. The summed E-state index contributed by atoms with van der Waals surface area (Å²) >= 11 is 0. The molecule has 3 amide bonds. The van der Waals surface area contributed by atoms with Gasteiger partial charge in [0.05, 0.1) is 6.61 Å². The molecule has 1 atom stereocenters. The number of alkyl halides is 6. The van der Waals surface area contributed by atoms with Crippen molar-refractivity contribution >= 4 is 23.9 Å². The summed E-state index contributed by atoms with van der Waals surface area (Å²) < 4.78 is 84.4. The van der Waals surface area contributed by atoms with E-state index in [-0.39, 0.29) is 5.56 Å². The minimum Gasteiger partial charge on any atom is -0.479 e. The minimum atomic E-state index is -5.97. The van der Waals surface area contributed by atoms with Gasteiger partial charge >= 0.3 is 30.3 Å². The van der Waals surface area contributed by atoms with E-state index < -0.39 is 77.1 Å². The predicted molar refractivity (Wildman–Crippen MR) is 109 cm³/mol. The molecule has 1 aromatic carbocycles. The van der Waals surface area contributed by atoms with Gasteiger partial charge in [-0.1, -0.05) is 30.3 Å². The van der Waals surface area contributed by atoms with Crippen LogP contribution in [0.15, 0.2) is 42.1 Å². The molecule has 0 fully saturated rings. The molecule has 0 saturated carbocycles. The van der Waals surface area contributed by atoms with Gasteiger partial charge in [-0.3, -0.25) is 14.9 Å². The molecule has 36 heavy (non-hydrogen) atoms. The Morgan fingerprint density at radius 2 is 1.53 bits per heavy atom. The predicted octanol–water partition coefficient (Wildman–Crippen LogP) is 2.93. The monoisotopic (exact) mass is 528 g/mol. The van der Waals surface area contributed by atoms with Crippen LogP contribution in [0.5, 0.6) is 0 Å². The van der Waals surface area contributed by atoms with Gasteiger partial charge in [-0.05, 0) is 26.3 Å². The van der Waals surface area contributed by atoms with Crippen LogP contribution in [0.1, 0.15) is 26.3 Å². The second-order valence-corrected chi connectivity index (χ2v) is 8.33. The van der Waals surface area contributed by atoms with E-state index in [4.69, 9.17) is 4.74 Å². The van der Waals surface area contributed by atoms with Crippen LogP contribution in [0.25, 0.3) is 0 Å². The summed E-state index contributed by atoms with van der Waals surface area (Å²) in [6.45, 7) is 2.02. The SMILES string of the molecule is CC(C)(C)OC(=O)NC(=CC(F)(F)F)C(=O)N(C(=O)C(F)(F)F)[C@](CO)(Cc1ccccc1)C(=O)O. The van der Waals surface area contributed by atoms with E-state index in [9.17, 15) is 55.7 Å². The number of allylic oxidation sites excluding steroid dienone is 1. The molecular weight excluding hydrogens is 506 g/mol. The van der Waals surface area contributed by atoms with Crippen molar-refractivity contribution in [3.05, 3.63) is 47.7 Å². The summed E-state index contributed by atoms with van der Waals surface area (Å²) in [6, 6.07) is 6.43. The molecule has 0 aromatic heterocycles. The second-order valence-electron chi connectivity index (χ2n) is 8.33. The number of amides is 3. The molecule has 0 aliphatic carbocycles. The molecule has 0 spiro atoms. The molecule has 0 saturated heterocycles. The third-order valence-electron chi connectivity index (χ3n) is 4.25. The van der Waals surface area contributed by atoms with Crippen LogP contribution < -0.4 is 5.32 Å². The number of imide groups is 1. The van der Waals surface area contributed by atoms with Gasteiger partial charge in [-0.15, -0.1) is 0 Å². The fraction of sp³-hybridized carbons (Fsp3) is 0.429. The van der Waals surface area contributed by atoms with Gasteiger partial charge in [0, 0.05) is 12.5 Å². The van der Waals surface area contributed by atoms with E-state index in [1.165, 1.54) is 56.4 Å². The van der Waals surface area contributed by atoms with Gasteiger partial charge in [-0.25, -0.2) is 14.5 Å². The zero-order valence-electron chi connectivity index (χ0n) is 19.0. The Hall–Kier alpha value is -3.62. The molecule has 1 aromatic rings. The number of hydrogen-bond acceptors (Lipinski definition) is 6. The first-order valence-corrected chi connectivity index (χ1v) is 9.87. The number of nitrogens with zero attached hydrogens (tertiary/aromatic N) is 1. The van der Waals surface area contributed by atoms with Crippen molar-refractivity contribution in [2.75, 3.05) is 6.61 Å². The Morgan fingerprint density at radius 1 is 1.00 bits per heavy atom. The normalized spacial score (nSPS) is 14.4. The number of benzene rings is 1. The van der Waals surface area contributed by atoms with Crippen LogP contribution in [0.4, 0.5) is 31.1 Å². The summed E-state index contributed by atoms with van der Waals surface area (Å²) in [5, 5.41) is 20.9. The average Bonchev–Trinajstić information content (AvgIpc) is 2.69. The van der Waals surface area contributed by atoms with Crippen molar-refractivity contribution < 1.29 is 60.5 Å². The van der Waals surface area contributed by atoms with Crippen LogP contribution in [-0.4, -0.2) is 69.1 Å². The highest BCUT2D eigenvalue weighted by Crippen LogP contribution is 2.31. The largest absolute Gasteiger partial charge is 0.479 e. The molecule has 0 aliphatic rings. The number of hydrogen-bond donors (Lipinski definition) is 3. The number of halogens is 6. The van der Waals surface area contributed by atoms with Crippen LogP contribution >= 0.6 is 0 Å². The van der Waals surface area contributed by atoms with E-state index in [1.807, 2.05) is 0 Å². The number of ether oxygens (including phenoxy) is 1. The quantitative estimate of drug-likeness (QED) is 0.366. The Bertz CT molecular complexity index is 1020. The molecular formula is C21H22F6N2O7. The summed E-state index contributed by atoms with van der Waals surface area (Å²) in [4.78, 5) is 48.3. The van der Waals surface area contributed by atoms with Gasteiger partial charge in [0.2, 0.25) is 0 Å². The van der Waals surface area contributed by atoms with Gasteiger partial charge in [-0.2, -0.15) is 26.3 Å². The van der Waals surface area contributed by atoms with Crippen molar-refractivity contribution in [1.29, 1.82) is 0 Å². The Balaban J connectivity index is 3.81. The van der Waals surface area contributed by atoms with Gasteiger partial charge < -0.3 is 14.9 Å². The number of carbonyl (C=O) groups excluding carboxylic acids is 3. The second kappa shape index (κ2) is 11.0. The van der Waals surface area contributed by atoms with Gasteiger partial charge in [0.25, 0.3) is 5.91 Å². The Kier molecular flexibility index (Phi) is 9.27. The van der Waals surface area contributed by atoms with Crippen molar-refractivity contribution in [3.63, 3.8) is 0 Å². The minimum absolute atomic E-state index is 0.0943. The van der Waals surface area contributed by atoms with Crippen molar-refractivity contribution in [2.45, 2.75) is 50.7 Å². The highest BCUT2D eigenvalue weighted by molar-refractivity contribution is 6.10. The first-order chi connectivity index (χ1) is 16.2. The van der Waals surface area contributed by atoms with Crippen LogP contribution in [0.2, 0.25) is 0 Å². The summed E-state index contributed by atoms with van der Waals surface area (Å²) in [7, 11) is 0. The third-order valence-corrected chi connectivity index (χ3v) is 4.25. The number of nitrogens with one attached hydrogen (secondary N) is 1. The number of rotatable bonds is 7. The lowest BCUT2D eigenvalue weighted by Gasteiger charge is -2.38. The number of aliphatic hydroxyl groups excluding tert-OH is 1. The Morgan fingerprint density at radius 3 is 1.92 bits per heavy atom. The molecule has 9 nitrogen and oxygen atoms in total. The van der Waals surface area contributed by atoms with Crippen molar-refractivity contribution in [1.82, 2.24) is 10.2 Å². The number of carbonyl (C=O) groups is 4. The molecule has 0 aliphatic heterocycles. The standard InChI is InChI=1S/C21H22F6N2O7/c1-18(2,3)36-17(35)28-13(10-20(22,23)24)14(31)29(15(32)21(25,26)27)19(11-30,16(33)34)9-12-7-5-4-6-8-12/h4-8,10,30H,9,11H2,1-3H3,(H,28,35)(H,33,34)/t19-/m0/s1. The molecule has 0 radical (unpaired) electrons. The number of carboxylic acid groups (broad SMARTS) is 1. The summed E-state index contributed by atoms with van der Waals surface area (Å²) in [5.74, 6) is -8.05. The molecule has 3 N–H and O–H groups in total. The van der Waals surface area contributed by atoms with E-state index in [0.717, 1.165) is 0 Å². The lowest BCUT2D eigenvalue weighted by molar-refractivity contribution is -0.198. The maximum Gasteiger partial charge on any atom is 0.471 e. The average molecular weight is 528 g/mol. The number of aliphatic carboxylic acids is 1. The number of aliphatic hydroxyl groups is 1. The zero-order valence-corrected chi connectivity index (χ0v) is 19.0. The van der Waals surface area contributed by atoms with Gasteiger partial charge in [0.15, 0.2) is 5.54 Å². The highest BCUT2D eigenvalue weighted by Gasteiger charge is 2.57. The fourth-order valence-electron chi connectivity index (χ4n) is 2.83. The maximum absolute atomic E-state index is 13.4. The van der Waals surface area contributed by atoms with Gasteiger partial charge in [0.1, 0.15) is 11.3 Å². The topological polar surface area (TPSA) is 133 Å². The lowest BCUT2D eigenvalue weighted by atomic mass is 9.88. The van der Waals surface area contributed by atoms with E-state index in [0.29, 0.717) is 0 Å². The molecule has 1 rings (SSSR count). The molecule has 0 unspecified atom stereocenters. The van der Waals surface area contributed by atoms with Crippen molar-refractivity contribution in [2.24, 2.45) is 0 Å². The first kappa shape index (κ1) is 30.4. The fourth-order valence-corrected chi connectivity index (χ4v) is 2.83. The van der Waals surface area contributed by atoms with Crippen LogP contribution in [-0.2, 0) is 25.5 Å². The van der Waals surface area contributed by atoms with Crippen molar-refractivity contribution in [3.8, 4) is 0 Å². The highest BCUT2D eigenvalue weighted by atomic mass is 19.4. The van der Waals surface area contributed by atoms with E-state index in [2.05, 4.69) is 0 Å². The molecule has 0 heterocycles.